The molecule has 1 heterocycles. The van der Waals surface area contributed by atoms with E-state index in [2.05, 4.69) is 0 Å². The monoisotopic (exact) mass is 438 g/mol. The second kappa shape index (κ2) is 7.43. The molecule has 0 spiro atoms. The highest BCUT2D eigenvalue weighted by atomic mass is 16.5. The van der Waals surface area contributed by atoms with Crippen LogP contribution in [-0.4, -0.2) is 36.6 Å². The van der Waals surface area contributed by atoms with E-state index in [-0.39, 0.29) is 16.7 Å². The molecule has 6 N–H and O–H groups in total. The third kappa shape index (κ3) is 3.35. The van der Waals surface area contributed by atoms with E-state index in [9.17, 15) is 40.2 Å². The maximum Gasteiger partial charge on any atom is 0.347 e. The molecule has 162 valence electrons. The Kier molecular flexibility index (Phi) is 4.74. The quantitative estimate of drug-likeness (QED) is 0.206. The lowest BCUT2D eigenvalue weighted by Crippen LogP contribution is -2.16. The fourth-order valence-corrected chi connectivity index (χ4v) is 3.08. The number of carbonyl (C=O) groups excluding carboxylic acids is 1. The normalized spacial score (nSPS) is 10.9. The van der Waals surface area contributed by atoms with Crippen LogP contribution in [0.15, 0.2) is 57.7 Å². The summed E-state index contributed by atoms with van der Waals surface area (Å²) in [6.07, 6.45) is 0. The van der Waals surface area contributed by atoms with E-state index in [1.165, 1.54) is 24.3 Å². The molecule has 1 aromatic heterocycles. The topological polar surface area (TPSA) is 178 Å². The molecule has 0 saturated carbocycles. The molecule has 0 aliphatic heterocycles. The van der Waals surface area contributed by atoms with Gasteiger partial charge in [0.05, 0.1) is 0 Å². The molecule has 4 aromatic rings. The second-order valence-electron chi connectivity index (χ2n) is 6.70. The Morgan fingerprint density at radius 2 is 1.47 bits per heavy atom. The molecule has 0 aliphatic rings. The van der Waals surface area contributed by atoms with E-state index in [1.807, 2.05) is 0 Å². The average Bonchev–Trinajstić information content (AvgIpc) is 2.73. The minimum Gasteiger partial charge on any atom is -0.508 e. The number of phenols is 6. The van der Waals surface area contributed by atoms with Gasteiger partial charge >= 0.3 is 5.97 Å². The fraction of sp³-hybridized carbons (Fsp3) is 0. The Morgan fingerprint density at radius 3 is 2.12 bits per heavy atom. The lowest BCUT2D eigenvalue weighted by atomic mass is 10.1. The Morgan fingerprint density at radius 1 is 0.812 bits per heavy atom. The van der Waals surface area contributed by atoms with Crippen molar-refractivity contribution in [3.8, 4) is 51.6 Å². The van der Waals surface area contributed by atoms with Crippen LogP contribution in [0.25, 0.3) is 22.3 Å². The number of para-hydroxylation sites is 1. The molecule has 3 aromatic carbocycles. The van der Waals surface area contributed by atoms with E-state index in [0.717, 1.165) is 24.3 Å². The van der Waals surface area contributed by atoms with E-state index in [1.54, 1.807) is 0 Å². The van der Waals surface area contributed by atoms with Gasteiger partial charge in [0.15, 0.2) is 23.0 Å². The molecule has 32 heavy (non-hydrogen) atoms. The minimum atomic E-state index is -1.14. The molecule has 4 rings (SSSR count). The molecule has 0 aliphatic carbocycles. The Hall–Kier alpha value is -4.86. The van der Waals surface area contributed by atoms with E-state index >= 15 is 0 Å². The molecule has 0 saturated heterocycles. The van der Waals surface area contributed by atoms with Crippen molar-refractivity contribution < 1.29 is 44.6 Å². The summed E-state index contributed by atoms with van der Waals surface area (Å²) in [6.45, 7) is 0. The first-order chi connectivity index (χ1) is 15.2. The number of benzene rings is 3. The fourth-order valence-electron chi connectivity index (χ4n) is 3.08. The summed E-state index contributed by atoms with van der Waals surface area (Å²) in [5.74, 6) is -6.22. The highest BCUT2D eigenvalue weighted by Crippen LogP contribution is 2.42. The summed E-state index contributed by atoms with van der Waals surface area (Å²) in [6, 6.07) is 9.15. The van der Waals surface area contributed by atoms with Crippen LogP contribution in [0.2, 0.25) is 0 Å². The highest BCUT2D eigenvalue weighted by molar-refractivity contribution is 5.96. The zero-order chi connectivity index (χ0) is 23.2. The number of aromatic hydroxyl groups is 6. The molecule has 0 bridgehead atoms. The molecular weight excluding hydrogens is 424 g/mol. The van der Waals surface area contributed by atoms with Gasteiger partial charge in [0, 0.05) is 17.7 Å². The van der Waals surface area contributed by atoms with Gasteiger partial charge in [0.1, 0.15) is 33.8 Å². The van der Waals surface area contributed by atoms with E-state index in [0.29, 0.717) is 0 Å². The van der Waals surface area contributed by atoms with Crippen molar-refractivity contribution in [3.63, 3.8) is 0 Å². The smallest absolute Gasteiger partial charge is 0.347 e. The molecule has 10 nitrogen and oxygen atoms in total. The van der Waals surface area contributed by atoms with Gasteiger partial charge in [0.25, 0.3) is 0 Å². The van der Waals surface area contributed by atoms with Gasteiger partial charge < -0.3 is 39.8 Å². The lowest BCUT2D eigenvalue weighted by molar-refractivity contribution is 0.0728. The van der Waals surface area contributed by atoms with Crippen molar-refractivity contribution >= 4 is 16.9 Å². The summed E-state index contributed by atoms with van der Waals surface area (Å²) in [5.41, 5.74) is -1.77. The van der Waals surface area contributed by atoms with Gasteiger partial charge in [-0.15, -0.1) is 0 Å². The van der Waals surface area contributed by atoms with Crippen LogP contribution >= 0.6 is 0 Å². The maximum atomic E-state index is 13.1. The third-order valence-electron chi connectivity index (χ3n) is 4.57. The van der Waals surface area contributed by atoms with Crippen molar-refractivity contribution in [2.24, 2.45) is 0 Å². The highest BCUT2D eigenvalue weighted by Gasteiger charge is 2.25. The number of rotatable bonds is 3. The number of hydrogen-bond donors (Lipinski definition) is 6. The zero-order valence-corrected chi connectivity index (χ0v) is 15.9. The van der Waals surface area contributed by atoms with Crippen molar-refractivity contribution in [3.05, 3.63) is 64.3 Å². The van der Waals surface area contributed by atoms with Gasteiger partial charge in [-0.2, -0.15) is 0 Å². The number of ether oxygens (including phenoxy) is 1. The van der Waals surface area contributed by atoms with Crippen LogP contribution in [0.3, 0.4) is 0 Å². The molecule has 0 radical (unpaired) electrons. The summed E-state index contributed by atoms with van der Waals surface area (Å²) in [5, 5.41) is 58.6. The van der Waals surface area contributed by atoms with Crippen LogP contribution in [0.1, 0.15) is 10.4 Å². The predicted octanol–water partition coefficient (Wildman–Crippen LogP) is 2.91. The maximum absolute atomic E-state index is 13.1. The predicted molar refractivity (Wildman–Crippen MR) is 109 cm³/mol. The van der Waals surface area contributed by atoms with Gasteiger partial charge in [-0.05, 0) is 24.3 Å². The van der Waals surface area contributed by atoms with Gasteiger partial charge in [-0.25, -0.2) is 4.79 Å². The summed E-state index contributed by atoms with van der Waals surface area (Å²) >= 11 is 0. The summed E-state index contributed by atoms with van der Waals surface area (Å²) in [4.78, 5) is 25.8. The zero-order valence-electron chi connectivity index (χ0n) is 15.9. The van der Waals surface area contributed by atoms with Crippen LogP contribution < -0.4 is 10.2 Å². The minimum absolute atomic E-state index is 0.181. The van der Waals surface area contributed by atoms with Crippen molar-refractivity contribution in [1.29, 1.82) is 0 Å². The first-order valence-corrected chi connectivity index (χ1v) is 8.95. The first kappa shape index (κ1) is 20.4. The van der Waals surface area contributed by atoms with Gasteiger partial charge in [-0.1, -0.05) is 12.1 Å². The molecule has 0 amide bonds. The number of fused-ring (bicyclic) bond motifs is 1. The van der Waals surface area contributed by atoms with Crippen molar-refractivity contribution in [2.75, 3.05) is 0 Å². The van der Waals surface area contributed by atoms with Crippen LogP contribution in [0, 0.1) is 0 Å². The number of carbonyl (C=O) groups is 1. The number of phenolic OH excluding ortho intramolecular Hbond substituents is 6. The van der Waals surface area contributed by atoms with Gasteiger partial charge in [0.2, 0.25) is 11.2 Å². The third-order valence-corrected chi connectivity index (χ3v) is 4.57. The van der Waals surface area contributed by atoms with E-state index < -0.39 is 62.8 Å². The molecular formula is C22H14O10. The SMILES string of the molecule is O=C(Oc1c(-c2cc(O)c(O)c(O)c2)oc2cc(O)cc(O)c2c1=O)c1ccccc1O. The molecule has 10 heteroatoms. The van der Waals surface area contributed by atoms with Gasteiger partial charge in [-0.3, -0.25) is 4.79 Å². The first-order valence-electron chi connectivity index (χ1n) is 8.95. The second-order valence-corrected chi connectivity index (χ2v) is 6.70. The van der Waals surface area contributed by atoms with Crippen molar-refractivity contribution in [1.82, 2.24) is 0 Å². The summed E-state index contributed by atoms with van der Waals surface area (Å²) in [7, 11) is 0. The Bertz CT molecular complexity index is 1430. The van der Waals surface area contributed by atoms with E-state index in [4.69, 9.17) is 9.15 Å². The standard InChI is InChI=1S/C22H14O10/c23-10-7-13(25)17-16(8-10)31-20(9-5-14(26)18(28)15(27)6-9)21(19(17)29)32-22(30)11-3-1-2-4-12(11)24/h1-8,23-28H. The lowest BCUT2D eigenvalue weighted by Gasteiger charge is -2.13. The number of hydrogen-bond acceptors (Lipinski definition) is 10. The largest absolute Gasteiger partial charge is 0.508 e. The van der Waals surface area contributed by atoms with Crippen LogP contribution in [0.5, 0.6) is 40.2 Å². The molecule has 0 fully saturated rings. The molecule has 0 atom stereocenters. The average molecular weight is 438 g/mol. The number of esters is 1. The van der Waals surface area contributed by atoms with Crippen LogP contribution in [-0.2, 0) is 0 Å². The molecule has 0 unspecified atom stereocenters. The Balaban J connectivity index is 2.00. The van der Waals surface area contributed by atoms with Crippen LogP contribution in [0.4, 0.5) is 0 Å². The Labute approximate surface area is 178 Å². The van der Waals surface area contributed by atoms with Crippen molar-refractivity contribution in [2.45, 2.75) is 0 Å². The summed E-state index contributed by atoms with van der Waals surface area (Å²) < 4.78 is 10.8.